The maximum Gasteiger partial charge on any atom is 0.339 e. The van der Waals surface area contributed by atoms with Crippen molar-refractivity contribution in [2.45, 2.75) is 79.1 Å². The van der Waals surface area contributed by atoms with Crippen LogP contribution in [-0.2, 0) is 12.8 Å². The maximum atomic E-state index is 12.3. The minimum absolute atomic E-state index is 0.0943. The number of rotatable bonds is 8. The molecule has 0 unspecified atom stereocenters. The zero-order valence-corrected chi connectivity index (χ0v) is 14.0. The summed E-state index contributed by atoms with van der Waals surface area (Å²) < 4.78 is 5.69. The molecule has 0 saturated heterocycles. The summed E-state index contributed by atoms with van der Waals surface area (Å²) in [6, 6.07) is 0. The highest BCUT2D eigenvalue weighted by Gasteiger charge is 2.23. The molecular formula is C19H28O2. The summed E-state index contributed by atoms with van der Waals surface area (Å²) in [5, 5.41) is 1.30. The predicted octanol–water partition coefficient (Wildman–Crippen LogP) is 3.46. The Bertz CT molecular complexity index is 677. The molecule has 0 radical (unpaired) electrons. The Labute approximate surface area is 127 Å². The lowest BCUT2D eigenvalue weighted by atomic mass is 9.84. The van der Waals surface area contributed by atoms with E-state index in [1.807, 2.05) is 0 Å². The third-order valence-corrected chi connectivity index (χ3v) is 4.27. The van der Waals surface area contributed by atoms with Gasteiger partial charge in [0.2, 0.25) is 0 Å². The highest BCUT2D eigenvalue weighted by atomic mass is 16.4. The first-order valence-corrected chi connectivity index (χ1v) is 8.61. The van der Waals surface area contributed by atoms with Crippen LogP contribution in [0.25, 0.3) is 11.1 Å². The zero-order chi connectivity index (χ0) is 15.4. The lowest BCUT2D eigenvalue weighted by Gasteiger charge is -2.22. The minimum Gasteiger partial charge on any atom is -0.422 e. The van der Waals surface area contributed by atoms with Crippen LogP contribution in [0.15, 0.2) is 9.21 Å². The maximum absolute atomic E-state index is 12.3. The van der Waals surface area contributed by atoms with Gasteiger partial charge in [0.15, 0.2) is 0 Å². The van der Waals surface area contributed by atoms with E-state index in [2.05, 4.69) is 27.7 Å². The summed E-state index contributed by atoms with van der Waals surface area (Å²) in [5.74, 6) is 0. The van der Waals surface area contributed by atoms with Gasteiger partial charge >= 0.3 is 5.63 Å². The summed E-state index contributed by atoms with van der Waals surface area (Å²) in [4.78, 5) is 12.3. The van der Waals surface area contributed by atoms with E-state index in [0.717, 1.165) is 62.3 Å². The molecule has 0 aromatic carbocycles. The molecule has 2 heteroatoms. The van der Waals surface area contributed by atoms with Crippen LogP contribution in [0.4, 0.5) is 0 Å². The van der Waals surface area contributed by atoms with Gasteiger partial charge in [-0.15, -0.1) is 0 Å². The highest BCUT2D eigenvalue weighted by molar-refractivity contribution is 5.93. The average Bonchev–Trinajstić information content (AvgIpc) is 2.47. The number of hydrogen-bond donors (Lipinski definition) is 0. The minimum atomic E-state index is -0.0943. The van der Waals surface area contributed by atoms with E-state index < -0.39 is 0 Å². The van der Waals surface area contributed by atoms with Crippen molar-refractivity contribution in [3.8, 4) is 0 Å². The van der Waals surface area contributed by atoms with Gasteiger partial charge in [-0.3, -0.25) is 0 Å². The topological polar surface area (TPSA) is 30.2 Å². The van der Waals surface area contributed by atoms with Crippen molar-refractivity contribution in [3.63, 3.8) is 0 Å². The predicted molar refractivity (Wildman–Crippen MR) is 88.9 cm³/mol. The molecule has 21 heavy (non-hydrogen) atoms. The molecule has 1 aliphatic carbocycles. The molecule has 0 amide bonds. The lowest BCUT2D eigenvalue weighted by molar-refractivity contribution is 0.451. The smallest absolute Gasteiger partial charge is 0.339 e. The number of fused-ring (bicyclic) bond motifs is 1. The first-order chi connectivity index (χ1) is 10.2. The molecule has 1 aromatic rings. The van der Waals surface area contributed by atoms with Gasteiger partial charge in [0.1, 0.15) is 5.42 Å². The van der Waals surface area contributed by atoms with Crippen molar-refractivity contribution in [3.05, 3.63) is 32.2 Å². The van der Waals surface area contributed by atoms with Gasteiger partial charge < -0.3 is 4.42 Å². The van der Waals surface area contributed by atoms with Gasteiger partial charge in [0, 0.05) is 10.8 Å². The summed E-state index contributed by atoms with van der Waals surface area (Å²) in [6.45, 7) is 8.72. The van der Waals surface area contributed by atoms with Crippen LogP contribution >= 0.6 is 0 Å². The van der Waals surface area contributed by atoms with Crippen LogP contribution in [0.2, 0.25) is 0 Å². The van der Waals surface area contributed by atoms with E-state index in [1.54, 1.807) is 0 Å². The lowest BCUT2D eigenvalue weighted by Crippen LogP contribution is -2.45. The molecular weight excluding hydrogens is 260 g/mol. The SMILES string of the molecule is CCCC1=c2oc(=O)c(CCC)c(CCC)c2=C1CCC. The van der Waals surface area contributed by atoms with Crippen LogP contribution in [0, 0.1) is 0 Å². The summed E-state index contributed by atoms with van der Waals surface area (Å²) in [7, 11) is 0. The van der Waals surface area contributed by atoms with E-state index >= 15 is 0 Å². The quantitative estimate of drug-likeness (QED) is 0.733. The van der Waals surface area contributed by atoms with E-state index in [-0.39, 0.29) is 5.63 Å². The van der Waals surface area contributed by atoms with Gasteiger partial charge in [0.05, 0.1) is 0 Å². The molecule has 0 atom stereocenters. The van der Waals surface area contributed by atoms with Crippen molar-refractivity contribution in [1.29, 1.82) is 0 Å². The zero-order valence-electron chi connectivity index (χ0n) is 14.0. The van der Waals surface area contributed by atoms with Crippen molar-refractivity contribution >= 4 is 11.1 Å². The highest BCUT2D eigenvalue weighted by Crippen LogP contribution is 2.25. The molecule has 0 aliphatic heterocycles. The Kier molecular flexibility index (Phi) is 5.44. The van der Waals surface area contributed by atoms with Gasteiger partial charge in [0.25, 0.3) is 0 Å². The van der Waals surface area contributed by atoms with Gasteiger partial charge in [-0.05, 0) is 42.4 Å². The second-order valence-electron chi connectivity index (χ2n) is 6.01. The first kappa shape index (κ1) is 16.1. The molecule has 0 spiro atoms. The molecule has 0 bridgehead atoms. The van der Waals surface area contributed by atoms with Crippen LogP contribution < -0.4 is 16.3 Å². The van der Waals surface area contributed by atoms with E-state index in [1.165, 1.54) is 21.9 Å². The molecule has 2 nitrogen and oxygen atoms in total. The second kappa shape index (κ2) is 7.11. The van der Waals surface area contributed by atoms with Crippen molar-refractivity contribution in [2.75, 3.05) is 0 Å². The Morgan fingerprint density at radius 2 is 1.24 bits per heavy atom. The van der Waals surface area contributed by atoms with Crippen molar-refractivity contribution < 1.29 is 4.42 Å². The van der Waals surface area contributed by atoms with E-state index in [9.17, 15) is 4.79 Å². The second-order valence-corrected chi connectivity index (χ2v) is 6.01. The third kappa shape index (κ3) is 2.86. The molecule has 0 saturated carbocycles. The fraction of sp³-hybridized carbons (Fsp3) is 0.632. The molecule has 116 valence electrons. The fourth-order valence-corrected chi connectivity index (χ4v) is 3.44. The Morgan fingerprint density at radius 3 is 1.81 bits per heavy atom. The molecule has 1 heterocycles. The van der Waals surface area contributed by atoms with Crippen LogP contribution in [0.1, 0.15) is 77.3 Å². The molecule has 2 rings (SSSR count). The Hall–Kier alpha value is -1.31. The molecule has 1 aliphatic rings. The van der Waals surface area contributed by atoms with Crippen LogP contribution in [-0.4, -0.2) is 0 Å². The molecule has 0 N–H and O–H groups in total. The van der Waals surface area contributed by atoms with E-state index in [4.69, 9.17) is 4.42 Å². The van der Waals surface area contributed by atoms with Gasteiger partial charge in [-0.2, -0.15) is 0 Å². The largest absolute Gasteiger partial charge is 0.422 e. The normalized spacial score (nSPS) is 13.3. The summed E-state index contributed by atoms with van der Waals surface area (Å²) >= 11 is 0. The number of hydrogen-bond acceptors (Lipinski definition) is 2. The third-order valence-electron chi connectivity index (χ3n) is 4.27. The standard InChI is InChI=1S/C19H28O2/c1-5-9-13-15(11-7-3)18-17(13)14(10-6-2)16(12-8-4)19(20)21-18/h5-12H2,1-4H3. The first-order valence-electron chi connectivity index (χ1n) is 8.61. The fourth-order valence-electron chi connectivity index (χ4n) is 3.44. The van der Waals surface area contributed by atoms with Crippen molar-refractivity contribution in [1.82, 2.24) is 0 Å². The summed E-state index contributed by atoms with van der Waals surface area (Å²) in [6.07, 6.45) is 8.30. The Balaban J connectivity index is 2.72. The average molecular weight is 288 g/mol. The van der Waals surface area contributed by atoms with Crippen LogP contribution in [0.5, 0.6) is 0 Å². The Morgan fingerprint density at radius 1 is 0.714 bits per heavy atom. The van der Waals surface area contributed by atoms with Gasteiger partial charge in [-0.25, -0.2) is 4.79 Å². The molecule has 0 fully saturated rings. The van der Waals surface area contributed by atoms with E-state index in [0.29, 0.717) is 0 Å². The molecule has 1 aromatic heterocycles. The van der Waals surface area contributed by atoms with Gasteiger partial charge in [-0.1, -0.05) is 53.4 Å². The monoisotopic (exact) mass is 288 g/mol. The summed E-state index contributed by atoms with van der Waals surface area (Å²) in [5.41, 5.74) is 5.82. The van der Waals surface area contributed by atoms with Crippen LogP contribution in [0.3, 0.4) is 0 Å². The van der Waals surface area contributed by atoms with Crippen molar-refractivity contribution in [2.24, 2.45) is 0 Å².